The van der Waals surface area contributed by atoms with E-state index in [1.807, 2.05) is 60.7 Å². The molecule has 0 aliphatic heterocycles. The van der Waals surface area contributed by atoms with Crippen LogP contribution in [-0.4, -0.2) is 0 Å². The minimum atomic E-state index is 0.478. The van der Waals surface area contributed by atoms with Crippen molar-refractivity contribution in [3.05, 3.63) is 96.3 Å². The van der Waals surface area contributed by atoms with Gasteiger partial charge in [0.15, 0.2) is 0 Å². The second kappa shape index (κ2) is 9.39. The molecule has 0 aliphatic carbocycles. The molecule has 0 aliphatic rings. The third kappa shape index (κ3) is 6.26. The highest BCUT2D eigenvalue weighted by Gasteiger charge is 1.92. The number of hydrogen-bond acceptors (Lipinski definition) is 4. The van der Waals surface area contributed by atoms with Gasteiger partial charge in [0.05, 0.1) is 18.9 Å². The normalized spacial score (nSPS) is 10.5. The van der Waals surface area contributed by atoms with Gasteiger partial charge < -0.3 is 0 Å². The number of allylic oxidation sites excluding steroid dienone is 1. The number of benzene rings is 2. The molecule has 2 N–H and O–H groups in total. The molecule has 4 nitrogen and oxygen atoms in total. The lowest BCUT2D eigenvalue weighted by molar-refractivity contribution is 0.0500. The number of nitrogens with one attached hydrogen (secondary N) is 2. The Hall–Kier alpha value is -2.56. The Bertz CT molecular complexity index is 583. The quantitative estimate of drug-likeness (QED) is 0.422. The molecule has 0 bridgehead atoms. The molecule has 0 radical (unpaired) electrons. The van der Waals surface area contributed by atoms with E-state index >= 15 is 0 Å². The summed E-state index contributed by atoms with van der Waals surface area (Å²) in [4.78, 5) is 10.6. The maximum Gasteiger partial charge on any atom is 0.0996 e. The van der Waals surface area contributed by atoms with Crippen LogP contribution in [0.15, 0.2) is 85.2 Å². The maximum atomic E-state index is 5.34. The van der Waals surface area contributed by atoms with E-state index in [-0.39, 0.29) is 0 Å². The van der Waals surface area contributed by atoms with Crippen LogP contribution in [0.2, 0.25) is 0 Å². The Morgan fingerprint density at radius 3 is 2.00 bits per heavy atom. The van der Waals surface area contributed by atoms with Gasteiger partial charge in [-0.3, -0.25) is 20.6 Å². The zero-order valence-corrected chi connectivity index (χ0v) is 12.4. The number of hydrogen-bond donors (Lipinski definition) is 2. The molecule has 0 saturated carbocycles. The topological polar surface area (TPSA) is 42.5 Å². The Morgan fingerprint density at radius 1 is 0.864 bits per heavy atom. The van der Waals surface area contributed by atoms with Gasteiger partial charge in [-0.2, -0.15) is 0 Å². The first-order chi connectivity index (χ1) is 10.8. The molecule has 0 amide bonds. The van der Waals surface area contributed by atoms with Crippen molar-refractivity contribution in [2.45, 2.75) is 13.2 Å². The smallest absolute Gasteiger partial charge is 0.0996 e. The predicted octanol–water partition coefficient (Wildman–Crippen LogP) is 3.46. The average Bonchev–Trinajstić information content (AvgIpc) is 2.56. The van der Waals surface area contributed by atoms with Crippen molar-refractivity contribution < 1.29 is 9.68 Å². The molecule has 22 heavy (non-hydrogen) atoms. The van der Waals surface area contributed by atoms with E-state index in [0.29, 0.717) is 18.9 Å². The molecule has 4 heteroatoms. The first-order valence-corrected chi connectivity index (χ1v) is 7.03. The molecule has 114 valence electrons. The third-order valence-corrected chi connectivity index (χ3v) is 2.80. The Kier molecular flexibility index (Phi) is 6.75. The first-order valence-electron chi connectivity index (χ1n) is 7.03. The van der Waals surface area contributed by atoms with Gasteiger partial charge in [0.1, 0.15) is 0 Å². The van der Waals surface area contributed by atoms with Crippen LogP contribution >= 0.6 is 0 Å². The predicted molar refractivity (Wildman–Crippen MR) is 87.0 cm³/mol. The summed E-state index contributed by atoms with van der Waals surface area (Å²) in [6.45, 7) is 4.80. The van der Waals surface area contributed by atoms with Crippen LogP contribution in [0.5, 0.6) is 0 Å². The molecule has 0 atom stereocenters. The molecule has 0 saturated heterocycles. The molecule has 0 heterocycles. The second-order valence-electron chi connectivity index (χ2n) is 4.63. The summed E-state index contributed by atoms with van der Waals surface area (Å²) in [5, 5.41) is 0. The van der Waals surface area contributed by atoms with Gasteiger partial charge in [0.25, 0.3) is 0 Å². The van der Waals surface area contributed by atoms with E-state index < -0.39 is 0 Å². The lowest BCUT2D eigenvalue weighted by atomic mass is 10.2. The largest absolute Gasteiger partial charge is 0.274 e. The van der Waals surface area contributed by atoms with Gasteiger partial charge in [-0.25, -0.2) is 0 Å². The van der Waals surface area contributed by atoms with Crippen LogP contribution in [0.1, 0.15) is 11.1 Å². The van der Waals surface area contributed by atoms with Gasteiger partial charge in [-0.05, 0) is 17.2 Å². The highest BCUT2D eigenvalue weighted by Crippen LogP contribution is 2.00. The fourth-order valence-electron chi connectivity index (χ4n) is 1.70. The van der Waals surface area contributed by atoms with Gasteiger partial charge in [-0.15, -0.1) is 0 Å². The minimum absolute atomic E-state index is 0.478. The zero-order valence-electron chi connectivity index (χ0n) is 12.4. The minimum Gasteiger partial charge on any atom is -0.274 e. The third-order valence-electron chi connectivity index (χ3n) is 2.80. The fourth-order valence-corrected chi connectivity index (χ4v) is 1.70. The van der Waals surface area contributed by atoms with Crippen LogP contribution in [0.4, 0.5) is 0 Å². The summed E-state index contributed by atoms with van der Waals surface area (Å²) in [5.41, 5.74) is 8.33. The number of rotatable bonds is 9. The number of hydroxylamine groups is 2. The van der Waals surface area contributed by atoms with Crippen molar-refractivity contribution in [1.82, 2.24) is 11.0 Å². The molecule has 0 spiro atoms. The van der Waals surface area contributed by atoms with E-state index in [0.717, 1.165) is 11.1 Å². The van der Waals surface area contributed by atoms with Gasteiger partial charge in [0.2, 0.25) is 0 Å². The van der Waals surface area contributed by atoms with Crippen LogP contribution < -0.4 is 11.0 Å². The van der Waals surface area contributed by atoms with Crippen molar-refractivity contribution in [3.63, 3.8) is 0 Å². The summed E-state index contributed by atoms with van der Waals surface area (Å²) < 4.78 is 0. The highest BCUT2D eigenvalue weighted by molar-refractivity contribution is 5.14. The Balaban J connectivity index is 1.56. The lowest BCUT2D eigenvalue weighted by Gasteiger charge is -2.07. The van der Waals surface area contributed by atoms with E-state index in [9.17, 15) is 0 Å². The monoisotopic (exact) mass is 296 g/mol. The Labute approximate surface area is 131 Å². The summed E-state index contributed by atoms with van der Waals surface area (Å²) in [5.74, 6) is 0. The SMILES string of the molecule is C=C(C=CNOCc1ccccc1)NOCc1ccccc1. The lowest BCUT2D eigenvalue weighted by Crippen LogP contribution is -2.13. The van der Waals surface area contributed by atoms with Gasteiger partial charge in [0, 0.05) is 6.20 Å². The fraction of sp³-hybridized carbons (Fsp3) is 0.111. The van der Waals surface area contributed by atoms with Crippen molar-refractivity contribution >= 4 is 0 Å². The molecule has 0 aromatic heterocycles. The van der Waals surface area contributed by atoms with Crippen molar-refractivity contribution in [3.8, 4) is 0 Å². The molecular weight excluding hydrogens is 276 g/mol. The van der Waals surface area contributed by atoms with Crippen molar-refractivity contribution in [2.75, 3.05) is 0 Å². The molecule has 2 aromatic rings. The van der Waals surface area contributed by atoms with E-state index in [1.165, 1.54) is 0 Å². The standard InChI is InChI=1S/C18H20N2O2/c1-16(20-22-15-18-10-6-3-7-11-18)12-13-19-21-14-17-8-4-2-5-9-17/h2-13,19-20H,1,14-15H2. The molecule has 2 aromatic carbocycles. The zero-order chi connectivity index (χ0) is 15.5. The van der Waals surface area contributed by atoms with Gasteiger partial charge in [-0.1, -0.05) is 67.2 Å². The average molecular weight is 296 g/mol. The molecule has 0 unspecified atom stereocenters. The maximum absolute atomic E-state index is 5.34. The summed E-state index contributed by atoms with van der Waals surface area (Å²) >= 11 is 0. The Morgan fingerprint density at radius 2 is 1.41 bits per heavy atom. The summed E-state index contributed by atoms with van der Waals surface area (Å²) in [6.07, 6.45) is 3.39. The van der Waals surface area contributed by atoms with Gasteiger partial charge >= 0.3 is 0 Å². The van der Waals surface area contributed by atoms with Crippen LogP contribution in [0, 0.1) is 0 Å². The molecule has 2 rings (SSSR count). The van der Waals surface area contributed by atoms with Crippen LogP contribution in [-0.2, 0) is 22.9 Å². The van der Waals surface area contributed by atoms with Crippen LogP contribution in [0.25, 0.3) is 0 Å². The van der Waals surface area contributed by atoms with E-state index in [2.05, 4.69) is 17.5 Å². The summed E-state index contributed by atoms with van der Waals surface area (Å²) in [7, 11) is 0. The van der Waals surface area contributed by atoms with E-state index in [4.69, 9.17) is 9.68 Å². The second-order valence-corrected chi connectivity index (χ2v) is 4.63. The van der Waals surface area contributed by atoms with Crippen molar-refractivity contribution in [2.24, 2.45) is 0 Å². The molecule has 0 fully saturated rings. The highest BCUT2D eigenvalue weighted by atomic mass is 16.6. The van der Waals surface area contributed by atoms with E-state index in [1.54, 1.807) is 12.3 Å². The van der Waals surface area contributed by atoms with Crippen LogP contribution in [0.3, 0.4) is 0 Å². The summed E-state index contributed by atoms with van der Waals surface area (Å²) in [6, 6.07) is 19.9. The first kappa shape index (κ1) is 15.8. The van der Waals surface area contributed by atoms with Crippen molar-refractivity contribution in [1.29, 1.82) is 0 Å². The molecular formula is C18H20N2O2.